The molecule has 0 unspecified atom stereocenters. The van der Waals surface area contributed by atoms with Crippen molar-refractivity contribution in [2.24, 2.45) is 0 Å². The van der Waals surface area contributed by atoms with E-state index >= 15 is 0 Å². The minimum atomic E-state index is -0.167. The molecule has 0 atom stereocenters. The van der Waals surface area contributed by atoms with E-state index in [2.05, 4.69) is 22.3 Å². The van der Waals surface area contributed by atoms with E-state index in [9.17, 15) is 4.79 Å². The summed E-state index contributed by atoms with van der Waals surface area (Å²) < 4.78 is 5.44. The van der Waals surface area contributed by atoms with Gasteiger partial charge in [-0.15, -0.1) is 0 Å². The number of ether oxygens (including phenoxy) is 1. The molecule has 26 heavy (non-hydrogen) atoms. The molecule has 0 bridgehead atoms. The van der Waals surface area contributed by atoms with Crippen molar-refractivity contribution in [1.29, 1.82) is 5.26 Å². The van der Waals surface area contributed by atoms with Crippen molar-refractivity contribution in [2.75, 3.05) is 19.7 Å². The summed E-state index contributed by atoms with van der Waals surface area (Å²) in [5, 5.41) is 11.6. The third kappa shape index (κ3) is 5.33. The maximum absolute atomic E-state index is 12.0. The van der Waals surface area contributed by atoms with Crippen molar-refractivity contribution in [3.63, 3.8) is 0 Å². The summed E-state index contributed by atoms with van der Waals surface area (Å²) in [5.41, 5.74) is 2.94. The molecular formula is C21H23N3O2. The van der Waals surface area contributed by atoms with Crippen molar-refractivity contribution in [1.82, 2.24) is 10.2 Å². The Morgan fingerprint density at radius 3 is 2.58 bits per heavy atom. The molecule has 134 valence electrons. The van der Waals surface area contributed by atoms with Gasteiger partial charge < -0.3 is 10.1 Å². The van der Waals surface area contributed by atoms with Crippen molar-refractivity contribution < 1.29 is 9.53 Å². The quantitative estimate of drug-likeness (QED) is 0.835. The predicted octanol–water partition coefficient (Wildman–Crippen LogP) is 2.85. The number of hydrogen-bond acceptors (Lipinski definition) is 4. The fraction of sp³-hybridized carbons (Fsp3) is 0.333. The number of carbonyl (C=O) groups is 1. The van der Waals surface area contributed by atoms with Crippen LogP contribution in [-0.4, -0.2) is 30.5 Å². The highest BCUT2D eigenvalue weighted by atomic mass is 16.5. The SMILES string of the molecule is N#Cc1ccc(OCC(=O)NCc2cccc(CN3CCCC3)c2)cc1. The Morgan fingerprint density at radius 2 is 1.85 bits per heavy atom. The molecule has 1 aliphatic rings. The lowest BCUT2D eigenvalue weighted by Gasteiger charge is -2.15. The van der Waals surface area contributed by atoms with Gasteiger partial charge in [0, 0.05) is 13.1 Å². The van der Waals surface area contributed by atoms with Crippen LogP contribution in [0.15, 0.2) is 48.5 Å². The zero-order valence-corrected chi connectivity index (χ0v) is 14.8. The first kappa shape index (κ1) is 18.0. The summed E-state index contributed by atoms with van der Waals surface area (Å²) in [6.07, 6.45) is 2.57. The first-order valence-corrected chi connectivity index (χ1v) is 8.93. The van der Waals surface area contributed by atoms with Crippen LogP contribution in [-0.2, 0) is 17.9 Å². The van der Waals surface area contributed by atoms with Crippen molar-refractivity contribution in [3.05, 3.63) is 65.2 Å². The fourth-order valence-corrected chi connectivity index (χ4v) is 3.06. The first-order valence-electron chi connectivity index (χ1n) is 8.93. The summed E-state index contributed by atoms with van der Waals surface area (Å²) in [4.78, 5) is 14.4. The number of nitrogens with zero attached hydrogens (tertiary/aromatic N) is 2. The molecule has 5 heteroatoms. The number of carbonyl (C=O) groups excluding carboxylic acids is 1. The highest BCUT2D eigenvalue weighted by Crippen LogP contribution is 2.14. The third-order valence-electron chi connectivity index (χ3n) is 4.44. The average molecular weight is 349 g/mol. The van der Waals surface area contributed by atoms with Gasteiger partial charge in [-0.25, -0.2) is 0 Å². The minimum absolute atomic E-state index is 0.0423. The summed E-state index contributed by atoms with van der Waals surface area (Å²) in [6.45, 7) is 3.77. The first-order chi connectivity index (χ1) is 12.7. The fourth-order valence-electron chi connectivity index (χ4n) is 3.06. The second-order valence-corrected chi connectivity index (χ2v) is 6.50. The molecule has 1 aliphatic heterocycles. The van der Waals surface area contributed by atoms with Crippen molar-refractivity contribution >= 4 is 5.91 Å². The standard InChI is InChI=1S/C21H23N3O2/c22-13-17-6-8-20(9-7-17)26-16-21(25)23-14-18-4-3-5-19(12-18)15-24-10-1-2-11-24/h3-9,12H,1-2,10-11,14-16H2,(H,23,25). The lowest BCUT2D eigenvalue weighted by molar-refractivity contribution is -0.123. The number of rotatable bonds is 7. The Balaban J connectivity index is 1.44. The molecule has 1 heterocycles. The molecule has 0 saturated carbocycles. The summed E-state index contributed by atoms with van der Waals surface area (Å²) in [7, 11) is 0. The summed E-state index contributed by atoms with van der Waals surface area (Å²) in [6, 6.07) is 17.1. The molecule has 0 radical (unpaired) electrons. The van der Waals surface area contributed by atoms with Crippen LogP contribution in [0.3, 0.4) is 0 Å². The molecule has 3 rings (SSSR count). The predicted molar refractivity (Wildman–Crippen MR) is 99.5 cm³/mol. The lowest BCUT2D eigenvalue weighted by Crippen LogP contribution is -2.28. The van der Waals surface area contributed by atoms with E-state index in [1.807, 2.05) is 18.2 Å². The van der Waals surface area contributed by atoms with Crippen LogP contribution in [0.1, 0.15) is 29.5 Å². The maximum atomic E-state index is 12.0. The molecule has 1 fully saturated rings. The summed E-state index contributed by atoms with van der Waals surface area (Å²) in [5.74, 6) is 0.408. The number of amides is 1. The van der Waals surface area contributed by atoms with E-state index in [1.54, 1.807) is 24.3 Å². The van der Waals surface area contributed by atoms with E-state index < -0.39 is 0 Å². The molecule has 1 amide bonds. The van der Waals surface area contributed by atoms with Gasteiger partial charge in [0.2, 0.25) is 0 Å². The van der Waals surface area contributed by atoms with Gasteiger partial charge in [-0.05, 0) is 61.3 Å². The normalized spacial score (nSPS) is 14.0. The van der Waals surface area contributed by atoms with Gasteiger partial charge in [-0.3, -0.25) is 9.69 Å². The van der Waals surface area contributed by atoms with Crippen LogP contribution in [0.5, 0.6) is 5.75 Å². The van der Waals surface area contributed by atoms with Crippen LogP contribution in [0.4, 0.5) is 0 Å². The van der Waals surface area contributed by atoms with Crippen LogP contribution in [0, 0.1) is 11.3 Å². The molecule has 0 spiro atoms. The second kappa shape index (κ2) is 9.02. The minimum Gasteiger partial charge on any atom is -0.484 e. The van der Waals surface area contributed by atoms with Crippen LogP contribution in [0.25, 0.3) is 0 Å². The van der Waals surface area contributed by atoms with Gasteiger partial charge >= 0.3 is 0 Å². The summed E-state index contributed by atoms with van der Waals surface area (Å²) >= 11 is 0. The van der Waals surface area contributed by atoms with E-state index in [0.717, 1.165) is 12.1 Å². The average Bonchev–Trinajstić information content (AvgIpc) is 3.18. The number of likely N-dealkylation sites (tertiary alicyclic amines) is 1. The van der Waals surface area contributed by atoms with Gasteiger partial charge in [0.25, 0.3) is 5.91 Å². The van der Waals surface area contributed by atoms with Crippen LogP contribution in [0.2, 0.25) is 0 Å². The zero-order chi connectivity index (χ0) is 18.2. The smallest absolute Gasteiger partial charge is 0.258 e. The number of nitrogens with one attached hydrogen (secondary N) is 1. The highest BCUT2D eigenvalue weighted by Gasteiger charge is 2.11. The Kier molecular flexibility index (Phi) is 6.24. The Labute approximate surface area is 154 Å². The Morgan fingerprint density at radius 1 is 1.12 bits per heavy atom. The number of hydrogen-bond donors (Lipinski definition) is 1. The van der Waals surface area contributed by atoms with Crippen LogP contribution >= 0.6 is 0 Å². The van der Waals surface area contributed by atoms with Crippen molar-refractivity contribution in [3.8, 4) is 11.8 Å². The van der Waals surface area contributed by atoms with Gasteiger partial charge in [0.1, 0.15) is 5.75 Å². The van der Waals surface area contributed by atoms with Gasteiger partial charge in [0.05, 0.1) is 11.6 Å². The van der Waals surface area contributed by atoms with E-state index in [-0.39, 0.29) is 12.5 Å². The molecule has 0 aliphatic carbocycles. The zero-order valence-electron chi connectivity index (χ0n) is 14.8. The molecule has 1 saturated heterocycles. The van der Waals surface area contributed by atoms with E-state index in [1.165, 1.54) is 31.5 Å². The van der Waals surface area contributed by atoms with Crippen LogP contribution < -0.4 is 10.1 Å². The monoisotopic (exact) mass is 349 g/mol. The lowest BCUT2D eigenvalue weighted by atomic mass is 10.1. The maximum Gasteiger partial charge on any atom is 0.258 e. The molecular weight excluding hydrogens is 326 g/mol. The number of nitriles is 1. The Hall–Kier alpha value is -2.84. The van der Waals surface area contributed by atoms with Gasteiger partial charge in [0.15, 0.2) is 6.61 Å². The largest absolute Gasteiger partial charge is 0.484 e. The van der Waals surface area contributed by atoms with Gasteiger partial charge in [-0.1, -0.05) is 24.3 Å². The van der Waals surface area contributed by atoms with E-state index in [4.69, 9.17) is 10.00 Å². The molecule has 1 N–H and O–H groups in total. The second-order valence-electron chi connectivity index (χ2n) is 6.50. The van der Waals surface area contributed by atoms with Crippen molar-refractivity contribution in [2.45, 2.75) is 25.9 Å². The van der Waals surface area contributed by atoms with Gasteiger partial charge in [-0.2, -0.15) is 5.26 Å². The molecule has 5 nitrogen and oxygen atoms in total. The topological polar surface area (TPSA) is 65.4 Å². The Bertz CT molecular complexity index is 775. The molecule has 0 aromatic heterocycles. The molecule has 2 aromatic carbocycles. The molecule has 2 aromatic rings. The number of benzene rings is 2. The van der Waals surface area contributed by atoms with E-state index in [0.29, 0.717) is 17.9 Å². The third-order valence-corrected chi connectivity index (χ3v) is 4.44. The highest BCUT2D eigenvalue weighted by molar-refractivity contribution is 5.77.